The Bertz CT molecular complexity index is 687. The highest BCUT2D eigenvalue weighted by atomic mass is 19.1. The maximum Gasteiger partial charge on any atom is 0.163 e. The number of nitrogens with one attached hydrogen (secondary N) is 1. The van der Waals surface area contributed by atoms with E-state index < -0.39 is 0 Å². The summed E-state index contributed by atoms with van der Waals surface area (Å²) in [5.41, 5.74) is 1.33. The van der Waals surface area contributed by atoms with E-state index >= 15 is 0 Å². The van der Waals surface area contributed by atoms with Crippen LogP contribution in [0.5, 0.6) is 0 Å². The Labute approximate surface area is 134 Å². The van der Waals surface area contributed by atoms with E-state index in [0.29, 0.717) is 17.6 Å². The van der Waals surface area contributed by atoms with Crippen molar-refractivity contribution in [3.8, 4) is 6.07 Å². The number of piperidine rings is 1. The van der Waals surface area contributed by atoms with Crippen molar-refractivity contribution in [1.82, 2.24) is 15.1 Å². The lowest BCUT2D eigenvalue weighted by molar-refractivity contribution is 0.211. The molecule has 0 amide bonds. The van der Waals surface area contributed by atoms with Gasteiger partial charge in [0.2, 0.25) is 0 Å². The Hall–Kier alpha value is -2.52. The average Bonchev–Trinajstić information content (AvgIpc) is 2.57. The van der Waals surface area contributed by atoms with Gasteiger partial charge in [0.05, 0.1) is 0 Å². The smallest absolute Gasteiger partial charge is 0.163 e. The van der Waals surface area contributed by atoms with Gasteiger partial charge in [-0.3, -0.25) is 4.90 Å². The average molecular weight is 311 g/mol. The van der Waals surface area contributed by atoms with Gasteiger partial charge in [0.1, 0.15) is 17.7 Å². The lowest BCUT2D eigenvalue weighted by Gasteiger charge is -2.32. The molecule has 1 aliphatic rings. The molecule has 0 atom stereocenters. The fraction of sp³-hybridized carbons (Fsp3) is 0.353. The molecule has 0 unspecified atom stereocenters. The zero-order valence-electron chi connectivity index (χ0n) is 12.7. The van der Waals surface area contributed by atoms with Crippen LogP contribution in [0.15, 0.2) is 36.4 Å². The van der Waals surface area contributed by atoms with Gasteiger partial charge >= 0.3 is 0 Å². The van der Waals surface area contributed by atoms with E-state index in [4.69, 9.17) is 5.26 Å². The van der Waals surface area contributed by atoms with Crippen molar-refractivity contribution < 1.29 is 4.39 Å². The summed E-state index contributed by atoms with van der Waals surface area (Å²) in [5.74, 6) is 0.519. The summed E-state index contributed by atoms with van der Waals surface area (Å²) in [5, 5.41) is 19.9. The fourth-order valence-electron chi connectivity index (χ4n) is 2.81. The van der Waals surface area contributed by atoms with Gasteiger partial charge in [-0.25, -0.2) is 4.39 Å². The fourth-order valence-corrected chi connectivity index (χ4v) is 2.81. The van der Waals surface area contributed by atoms with Crippen molar-refractivity contribution in [2.75, 3.05) is 18.4 Å². The number of hydrogen-bond acceptors (Lipinski definition) is 5. The lowest BCUT2D eigenvalue weighted by atomic mass is 10.0. The minimum Gasteiger partial charge on any atom is -0.366 e. The first-order valence-corrected chi connectivity index (χ1v) is 7.70. The molecule has 1 fully saturated rings. The number of nitriles is 1. The van der Waals surface area contributed by atoms with Crippen LogP contribution in [0.2, 0.25) is 0 Å². The van der Waals surface area contributed by atoms with Crippen molar-refractivity contribution in [3.63, 3.8) is 0 Å². The van der Waals surface area contributed by atoms with Crippen LogP contribution in [0.1, 0.15) is 24.1 Å². The zero-order chi connectivity index (χ0) is 16.1. The molecule has 1 saturated heterocycles. The van der Waals surface area contributed by atoms with Crippen molar-refractivity contribution in [2.24, 2.45) is 0 Å². The topological polar surface area (TPSA) is 64.8 Å². The third-order valence-corrected chi connectivity index (χ3v) is 4.01. The molecule has 0 aliphatic carbocycles. The number of halogens is 1. The van der Waals surface area contributed by atoms with Gasteiger partial charge < -0.3 is 5.32 Å². The number of benzene rings is 1. The molecule has 2 heterocycles. The molecule has 1 aliphatic heterocycles. The second-order valence-electron chi connectivity index (χ2n) is 5.74. The third kappa shape index (κ3) is 4.24. The monoisotopic (exact) mass is 311 g/mol. The van der Waals surface area contributed by atoms with Crippen LogP contribution in [0, 0.1) is 17.1 Å². The molecular weight excluding hydrogens is 293 g/mol. The number of likely N-dealkylation sites (tertiary alicyclic amines) is 1. The summed E-state index contributed by atoms with van der Waals surface area (Å²) in [6, 6.07) is 12.5. The number of hydrogen-bond donors (Lipinski definition) is 1. The standard InChI is InChI=1S/C17H18FN5/c18-14-3-1-2-13(10-14)12-23-8-6-15(7-9-23)20-17-5-4-16(11-19)21-22-17/h1-5,10,15H,6-9,12H2,(H,20,22). The Balaban J connectivity index is 1.49. The first-order chi connectivity index (χ1) is 11.2. The predicted molar refractivity (Wildman–Crippen MR) is 85.1 cm³/mol. The molecule has 5 nitrogen and oxygen atoms in total. The zero-order valence-corrected chi connectivity index (χ0v) is 12.7. The predicted octanol–water partition coefficient (Wildman–Crippen LogP) is 2.56. The second-order valence-corrected chi connectivity index (χ2v) is 5.74. The van der Waals surface area contributed by atoms with E-state index in [2.05, 4.69) is 20.4 Å². The molecule has 23 heavy (non-hydrogen) atoms. The van der Waals surface area contributed by atoms with E-state index in [1.165, 1.54) is 6.07 Å². The lowest BCUT2D eigenvalue weighted by Crippen LogP contribution is -2.38. The van der Waals surface area contributed by atoms with Crippen LogP contribution in [0.4, 0.5) is 10.2 Å². The Morgan fingerprint density at radius 3 is 2.70 bits per heavy atom. The van der Waals surface area contributed by atoms with Crippen LogP contribution in [-0.4, -0.2) is 34.2 Å². The number of aromatic nitrogens is 2. The maximum atomic E-state index is 13.2. The third-order valence-electron chi connectivity index (χ3n) is 4.01. The number of nitrogens with zero attached hydrogens (tertiary/aromatic N) is 4. The van der Waals surface area contributed by atoms with Crippen LogP contribution in [0.25, 0.3) is 0 Å². The molecule has 2 aromatic rings. The normalized spacial score (nSPS) is 16.0. The summed E-state index contributed by atoms with van der Waals surface area (Å²) in [6.45, 7) is 2.69. The van der Waals surface area contributed by atoms with Crippen LogP contribution >= 0.6 is 0 Å². The van der Waals surface area contributed by atoms with Crippen molar-refractivity contribution in [3.05, 3.63) is 53.5 Å². The van der Waals surface area contributed by atoms with Gasteiger partial charge in [-0.15, -0.1) is 10.2 Å². The Kier molecular flexibility index (Phi) is 4.79. The quantitative estimate of drug-likeness (QED) is 0.940. The highest BCUT2D eigenvalue weighted by molar-refractivity contribution is 5.36. The number of rotatable bonds is 4. The summed E-state index contributed by atoms with van der Waals surface area (Å²) < 4.78 is 13.2. The summed E-state index contributed by atoms with van der Waals surface area (Å²) >= 11 is 0. The number of anilines is 1. The first-order valence-electron chi connectivity index (χ1n) is 7.70. The van der Waals surface area contributed by atoms with E-state index in [0.717, 1.165) is 38.0 Å². The van der Waals surface area contributed by atoms with Crippen molar-refractivity contribution >= 4 is 5.82 Å². The SMILES string of the molecule is N#Cc1ccc(NC2CCN(Cc3cccc(F)c3)CC2)nn1. The minimum absolute atomic E-state index is 0.182. The minimum atomic E-state index is -0.182. The van der Waals surface area contributed by atoms with Crippen molar-refractivity contribution in [2.45, 2.75) is 25.4 Å². The summed E-state index contributed by atoms with van der Waals surface area (Å²) in [7, 11) is 0. The van der Waals surface area contributed by atoms with E-state index in [-0.39, 0.29) is 5.82 Å². The molecule has 118 valence electrons. The first kappa shape index (κ1) is 15.4. The molecule has 0 radical (unpaired) electrons. The van der Waals surface area contributed by atoms with E-state index in [9.17, 15) is 4.39 Å². The molecule has 1 N–H and O–H groups in total. The second kappa shape index (κ2) is 7.16. The van der Waals surface area contributed by atoms with Crippen molar-refractivity contribution in [1.29, 1.82) is 5.26 Å². The maximum absolute atomic E-state index is 13.2. The molecule has 0 bridgehead atoms. The van der Waals surface area contributed by atoms with Gasteiger partial charge in [0.15, 0.2) is 5.69 Å². The Morgan fingerprint density at radius 1 is 1.22 bits per heavy atom. The van der Waals surface area contributed by atoms with Gasteiger partial charge in [-0.05, 0) is 42.7 Å². The van der Waals surface area contributed by atoms with Crippen LogP contribution < -0.4 is 5.32 Å². The molecule has 1 aromatic heterocycles. The molecule has 0 spiro atoms. The van der Waals surface area contributed by atoms with Gasteiger partial charge in [0, 0.05) is 25.7 Å². The molecule has 0 saturated carbocycles. The van der Waals surface area contributed by atoms with E-state index in [1.807, 2.05) is 12.1 Å². The molecule has 1 aromatic carbocycles. The molecule has 6 heteroatoms. The summed E-state index contributed by atoms with van der Waals surface area (Å²) in [6.07, 6.45) is 1.99. The molecule has 3 rings (SSSR count). The highest BCUT2D eigenvalue weighted by Crippen LogP contribution is 2.17. The van der Waals surface area contributed by atoms with Gasteiger partial charge in [0.25, 0.3) is 0 Å². The molecular formula is C17H18FN5. The van der Waals surface area contributed by atoms with E-state index in [1.54, 1.807) is 24.3 Å². The van der Waals surface area contributed by atoms with Crippen LogP contribution in [0.3, 0.4) is 0 Å². The van der Waals surface area contributed by atoms with Gasteiger partial charge in [-0.2, -0.15) is 5.26 Å². The largest absolute Gasteiger partial charge is 0.366 e. The van der Waals surface area contributed by atoms with Crippen LogP contribution in [-0.2, 0) is 6.54 Å². The highest BCUT2D eigenvalue weighted by Gasteiger charge is 2.19. The summed E-state index contributed by atoms with van der Waals surface area (Å²) in [4.78, 5) is 2.33. The van der Waals surface area contributed by atoms with Gasteiger partial charge in [-0.1, -0.05) is 12.1 Å². The Morgan fingerprint density at radius 2 is 2.04 bits per heavy atom.